The zero-order chi connectivity index (χ0) is 0. The van der Waals surface area contributed by atoms with Crippen LogP contribution in [-0.2, 0) is 1730 Å². The Morgan fingerprint density at radius 3 is 0.0536 bits per heavy atom. The second-order valence-corrected chi connectivity index (χ2v) is 0. The Bertz CT molecular complexity index is 16.9. The maximum atomic E-state index is 0. The van der Waals surface area contributed by atoms with Gasteiger partial charge in [0.15, 0.2) is 0 Å². The van der Waals surface area contributed by atoms with E-state index in [1.807, 2.05) is 0 Å². The van der Waals surface area contributed by atoms with Crippen molar-refractivity contribution < 1.29 is 1730 Å². The molecule has 0 rings (SSSR count). The summed E-state index contributed by atoms with van der Waals surface area (Å²) >= 11 is 0. The zero-order valence-corrected chi connectivity index (χ0v) is 184. The molecule has 0 aromatic rings. The molecule has 53 heteroatoms. The molecule has 0 aromatic carbocycles. The van der Waals surface area contributed by atoms with Crippen molar-refractivity contribution in [1.29, 1.82) is 0 Å². The third-order valence-electron chi connectivity index (χ3n) is 0. The molecule has 0 N–H and O–H groups in total. The summed E-state index contributed by atoms with van der Waals surface area (Å²) in [5.41, 5.74) is 0. The largest absolute Gasteiger partial charge is 3.00 e. The fraction of sp³-hybridized carbons (Fsp3) is 0. The number of hydrogen-bond donors (Lipinski definition) is 0. The molecule has 0 aliphatic carbocycles. The van der Waals surface area contributed by atoms with Crippen LogP contribution in [0.3, 0.4) is 0 Å². The molecule has 0 heterocycles. The van der Waals surface area contributed by atoms with Crippen molar-refractivity contribution in [3.63, 3.8) is 0 Å². The predicted octanol–water partition coefficient (Wildman–Crippen LogP) is 1.22. The molecule has 0 aliphatic heterocycles. The van der Waals surface area contributed by atoms with Crippen LogP contribution in [0.5, 0.6) is 0 Å². The topological polar surface area (TPSA) is 0 Å². The van der Waals surface area contributed by atoms with E-state index in [0.29, 0.717) is 0 Å². The Morgan fingerprint density at radius 2 is 0.0536 bits per heavy atom. The van der Waals surface area contributed by atoms with Crippen LogP contribution in [0.1, 0.15) is 0 Å². The van der Waals surface area contributed by atoms with Crippen LogP contribution in [0.25, 0.3) is 0 Å². The van der Waals surface area contributed by atoms with Gasteiger partial charge in [-0.25, -0.2) is 0 Å². The first-order valence-corrected chi connectivity index (χ1v) is 0. The molecule has 0 nitrogen and oxygen atoms in total. The summed E-state index contributed by atoms with van der Waals surface area (Å²) in [7, 11) is 0. The number of hydrogen-bond acceptors (Lipinski definition) is 0. The van der Waals surface area contributed by atoms with Gasteiger partial charge >= 0.3 is 32.7 Å². The van der Waals surface area contributed by atoms with Crippen molar-refractivity contribution >= 4 is 0 Å². The molecule has 0 saturated heterocycles. The van der Waals surface area contributed by atoms with Gasteiger partial charge in [-0.1, -0.05) is 0 Å². The van der Waals surface area contributed by atoms with Crippen molar-refractivity contribution in [3.8, 4) is 0 Å². The van der Waals surface area contributed by atoms with E-state index in [1.165, 1.54) is 0 Å². The molecule has 180 valence electrons. The van der Waals surface area contributed by atoms with Crippen LogP contribution in [0.15, 0.2) is 0 Å². The first kappa shape index (κ1) is 431. The van der Waals surface area contributed by atoms with Gasteiger partial charge in [0.2, 0.25) is 0 Å². The van der Waals surface area contributed by atoms with Crippen molar-refractivity contribution in [3.05, 3.63) is 22.3 Å². The second-order valence-electron chi connectivity index (χ2n) is 0. The van der Waals surface area contributed by atoms with Gasteiger partial charge < -0.3 is 22.3 Å². The van der Waals surface area contributed by atoms with Gasteiger partial charge in [-0.15, -0.1) is 0 Å². The molecule has 0 amide bonds. The van der Waals surface area contributed by atoms with Gasteiger partial charge in [0, 0.05) is 1700 Å². The monoisotopic (exact) mass is 4760 g/mol. The minimum Gasteiger partial charge on any atom is -0.358 e. The molecule has 0 saturated carbocycles. The molecule has 0 atom stereocenters. The molecule has 56 heavy (non-hydrogen) atoms. The van der Waals surface area contributed by atoms with E-state index >= 15 is 0 Å². The Morgan fingerprint density at radius 1 is 0.0536 bits per heavy atom. The first-order valence-electron chi connectivity index (χ1n) is 0. The van der Waals surface area contributed by atoms with Crippen LogP contribution in [0.2, 0.25) is 0 Å². The van der Waals surface area contributed by atoms with E-state index < -0.39 is 0 Å². The Kier molecular flexibility index (Phi) is 3230. The third-order valence-corrected chi connectivity index (χ3v) is 0. The van der Waals surface area contributed by atoms with Crippen LogP contribution in [-0.4, -0.2) is 0 Å². The van der Waals surface area contributed by atoms with Crippen LogP contribution in [0, 0.1) is 22.3 Å². The standard InChI is InChI=1S/3CH3.53Y/h3*1H3;;;;;;;;;;;;;;;;;;;;;;;;;;;;;;;;;;;;;;;;;;;;;;;;;;;;;/q3*-1;;;;;;;;;;;;;;;;;;;;;;;;;;;;;;;;;;;;;;;;;;;;;;;;;;;;;+3. The summed E-state index contributed by atoms with van der Waals surface area (Å²) in [4.78, 5) is 0. The van der Waals surface area contributed by atoms with Crippen molar-refractivity contribution in [2.45, 2.75) is 0 Å². The van der Waals surface area contributed by atoms with E-state index in [9.17, 15) is 0 Å². The summed E-state index contributed by atoms with van der Waals surface area (Å²) in [5.74, 6) is 0. The van der Waals surface area contributed by atoms with Gasteiger partial charge in [0.25, 0.3) is 0 Å². The van der Waals surface area contributed by atoms with Gasteiger partial charge in [-0.05, 0) is 0 Å². The molecular weight excluding hydrogens is 4750 g/mol. The Labute approximate surface area is 1690 Å². The zero-order valence-electron chi connectivity index (χ0n) is 33.6. The van der Waals surface area contributed by atoms with Gasteiger partial charge in [-0.2, -0.15) is 0 Å². The average molecular weight is 4760 g/mol. The molecular formula is C3H9Y53. The summed E-state index contributed by atoms with van der Waals surface area (Å²) in [5, 5.41) is 0. The molecule has 0 aliphatic rings. The quantitative estimate of drug-likeness (QED) is 0.321. The van der Waals surface area contributed by atoms with E-state index in [1.54, 1.807) is 0 Å². The van der Waals surface area contributed by atoms with E-state index in [4.69, 9.17) is 0 Å². The first-order chi connectivity index (χ1) is 0. The van der Waals surface area contributed by atoms with Gasteiger partial charge in [0.05, 0.1) is 0 Å². The van der Waals surface area contributed by atoms with Crippen LogP contribution < -0.4 is 0 Å². The summed E-state index contributed by atoms with van der Waals surface area (Å²) in [6.45, 7) is 0. The van der Waals surface area contributed by atoms with Crippen LogP contribution in [0.4, 0.5) is 0 Å². The molecule has 0 unspecified atom stereocenters. The molecule has 0 spiro atoms. The van der Waals surface area contributed by atoms with Crippen molar-refractivity contribution in [2.75, 3.05) is 0 Å². The van der Waals surface area contributed by atoms with Gasteiger partial charge in [-0.3, -0.25) is 0 Å². The van der Waals surface area contributed by atoms with Crippen molar-refractivity contribution in [2.24, 2.45) is 0 Å². The Balaban J connectivity index is 0. The Hall–Kier alpha value is 58.5. The molecule has 52 radical (unpaired) electrons. The van der Waals surface area contributed by atoms with Crippen LogP contribution >= 0.6 is 0 Å². The summed E-state index contributed by atoms with van der Waals surface area (Å²) < 4.78 is 0. The fourth-order valence-electron chi connectivity index (χ4n) is 0. The fourth-order valence-corrected chi connectivity index (χ4v) is 0. The predicted molar refractivity (Wildman–Crippen MR) is 19.2 cm³/mol. The van der Waals surface area contributed by atoms with E-state index in [0.717, 1.165) is 0 Å². The second kappa shape index (κ2) is 420. The average Bonchev–Trinajstić information content (AvgIpc) is 0. The summed E-state index contributed by atoms with van der Waals surface area (Å²) in [6, 6.07) is 0. The smallest absolute Gasteiger partial charge is 0.358 e. The maximum absolute atomic E-state index is 0. The summed E-state index contributed by atoms with van der Waals surface area (Å²) in [6.07, 6.45) is 0. The van der Waals surface area contributed by atoms with E-state index in [2.05, 4.69) is 0 Å². The SMILES string of the molecule is [CH3-].[CH3-].[CH3-].[Y+3].[Y].[Y].[Y].[Y].[Y].[Y].[Y].[Y].[Y].[Y].[Y].[Y].[Y].[Y].[Y].[Y].[Y].[Y].[Y].[Y].[Y].[Y].[Y].[Y].[Y].[Y].[Y].[Y].[Y].[Y].[Y].[Y].[Y].[Y].[Y].[Y].[Y].[Y].[Y].[Y].[Y].[Y].[Y].[Y].[Y].[Y].[Y].[Y].[Y].[Y].[Y].[Y]. The van der Waals surface area contributed by atoms with E-state index in [-0.39, 0.29) is 1760 Å². The normalized spacial score (nSPS) is 0. The molecule has 0 fully saturated rings. The molecule has 0 aromatic heterocycles. The van der Waals surface area contributed by atoms with Crippen molar-refractivity contribution in [1.82, 2.24) is 0 Å². The number of rotatable bonds is 0. The molecule has 0 bridgehead atoms. The van der Waals surface area contributed by atoms with Gasteiger partial charge in [0.1, 0.15) is 0 Å². The minimum atomic E-state index is 0. The maximum Gasteiger partial charge on any atom is 3.00 e. The minimum absolute atomic E-state index is 0. The third kappa shape index (κ3) is 409.